The van der Waals surface area contributed by atoms with Gasteiger partial charge in [-0.05, 0) is 12.1 Å². The van der Waals surface area contributed by atoms with E-state index in [1.54, 1.807) is 0 Å². The molecule has 15 heavy (non-hydrogen) atoms. The molecule has 0 amide bonds. The third kappa shape index (κ3) is 3.09. The van der Waals surface area contributed by atoms with Crippen molar-refractivity contribution < 1.29 is 13.6 Å². The van der Waals surface area contributed by atoms with E-state index in [0.29, 0.717) is 0 Å². The van der Waals surface area contributed by atoms with E-state index in [4.69, 9.17) is 0 Å². The lowest BCUT2D eigenvalue weighted by Gasteiger charge is -2.08. The van der Waals surface area contributed by atoms with E-state index in [0.717, 1.165) is 12.1 Å². The molecule has 2 nitrogen and oxygen atoms in total. The quantitative estimate of drug-likeness (QED) is 0.776. The molecule has 0 aliphatic rings. The molecule has 0 aliphatic heterocycles. The van der Waals surface area contributed by atoms with Crippen LogP contribution in [0.3, 0.4) is 0 Å². The van der Waals surface area contributed by atoms with Gasteiger partial charge in [-0.2, -0.15) is 0 Å². The summed E-state index contributed by atoms with van der Waals surface area (Å²) in [6.45, 7) is 3.64. The largest absolute Gasteiger partial charge is 0.307 e. The van der Waals surface area contributed by atoms with Crippen LogP contribution in [0.5, 0.6) is 0 Å². The van der Waals surface area contributed by atoms with E-state index in [-0.39, 0.29) is 12.6 Å². The number of hydrogen-bond acceptors (Lipinski definition) is 2. The Kier molecular flexibility index (Phi) is 3.91. The highest BCUT2D eigenvalue weighted by atomic mass is 19.1. The van der Waals surface area contributed by atoms with Crippen LogP contribution in [0.15, 0.2) is 18.2 Å². The van der Waals surface area contributed by atoms with Crippen LogP contribution < -0.4 is 5.32 Å². The van der Waals surface area contributed by atoms with Crippen molar-refractivity contribution >= 4 is 5.78 Å². The van der Waals surface area contributed by atoms with Crippen LogP contribution in [0, 0.1) is 11.6 Å². The van der Waals surface area contributed by atoms with Crippen molar-refractivity contribution in [2.45, 2.75) is 19.9 Å². The number of nitrogens with one attached hydrogen (secondary N) is 1. The lowest BCUT2D eigenvalue weighted by molar-refractivity contribution is 0.0980. The molecule has 0 radical (unpaired) electrons. The van der Waals surface area contributed by atoms with Gasteiger partial charge in [-0.15, -0.1) is 0 Å². The van der Waals surface area contributed by atoms with Crippen LogP contribution in [0.2, 0.25) is 0 Å². The smallest absolute Gasteiger partial charge is 0.182 e. The van der Waals surface area contributed by atoms with E-state index in [1.165, 1.54) is 6.07 Å². The zero-order valence-corrected chi connectivity index (χ0v) is 8.68. The summed E-state index contributed by atoms with van der Waals surface area (Å²) >= 11 is 0. The van der Waals surface area contributed by atoms with Crippen molar-refractivity contribution in [2.24, 2.45) is 0 Å². The molecule has 0 bridgehead atoms. The van der Waals surface area contributed by atoms with Crippen molar-refractivity contribution in [1.29, 1.82) is 0 Å². The molecular weight excluding hydrogens is 200 g/mol. The summed E-state index contributed by atoms with van der Waals surface area (Å²) in [5.74, 6) is -2.20. The Bertz CT molecular complexity index is 343. The van der Waals surface area contributed by atoms with Crippen LogP contribution in [-0.4, -0.2) is 18.4 Å². The topological polar surface area (TPSA) is 29.1 Å². The van der Waals surface area contributed by atoms with Crippen molar-refractivity contribution in [1.82, 2.24) is 5.32 Å². The summed E-state index contributed by atoms with van der Waals surface area (Å²) in [4.78, 5) is 11.4. The molecule has 82 valence electrons. The Balaban J connectivity index is 2.82. The highest BCUT2D eigenvalue weighted by Gasteiger charge is 2.16. The number of halogens is 2. The maximum atomic E-state index is 13.1. The van der Waals surface area contributed by atoms with Crippen LogP contribution >= 0.6 is 0 Å². The average molecular weight is 213 g/mol. The van der Waals surface area contributed by atoms with Gasteiger partial charge in [-0.25, -0.2) is 8.78 Å². The maximum Gasteiger partial charge on any atom is 0.182 e. The second kappa shape index (κ2) is 4.98. The summed E-state index contributed by atoms with van der Waals surface area (Å²) in [6, 6.07) is 3.48. The molecule has 0 aliphatic carbocycles. The highest BCUT2D eigenvalue weighted by Crippen LogP contribution is 2.12. The number of ketones is 1. The van der Waals surface area contributed by atoms with Gasteiger partial charge in [0, 0.05) is 6.04 Å². The van der Waals surface area contributed by atoms with E-state index in [2.05, 4.69) is 5.32 Å². The third-order valence-electron chi connectivity index (χ3n) is 1.91. The van der Waals surface area contributed by atoms with Crippen LogP contribution in [0.25, 0.3) is 0 Å². The molecular formula is C11H13F2NO. The molecule has 1 aromatic rings. The first-order valence-electron chi connectivity index (χ1n) is 4.73. The van der Waals surface area contributed by atoms with Gasteiger partial charge >= 0.3 is 0 Å². The van der Waals surface area contributed by atoms with Gasteiger partial charge in [0.05, 0.1) is 12.1 Å². The molecule has 0 fully saturated rings. The fraction of sp³-hybridized carbons (Fsp3) is 0.364. The minimum absolute atomic E-state index is 0.0600. The Labute approximate surface area is 87.3 Å². The average Bonchev–Trinajstić information content (AvgIpc) is 2.14. The van der Waals surface area contributed by atoms with E-state index in [9.17, 15) is 13.6 Å². The molecule has 0 saturated carbocycles. The second-order valence-electron chi connectivity index (χ2n) is 3.56. The lowest BCUT2D eigenvalue weighted by Crippen LogP contribution is -2.30. The fourth-order valence-electron chi connectivity index (χ4n) is 1.15. The predicted octanol–water partition coefficient (Wildman–Crippen LogP) is 2.15. The normalized spacial score (nSPS) is 10.7. The molecule has 0 atom stereocenters. The van der Waals surface area contributed by atoms with Crippen molar-refractivity contribution in [2.75, 3.05) is 6.54 Å². The van der Waals surface area contributed by atoms with Gasteiger partial charge in [0.15, 0.2) is 5.78 Å². The monoisotopic (exact) mass is 213 g/mol. The minimum Gasteiger partial charge on any atom is -0.307 e. The zero-order valence-electron chi connectivity index (χ0n) is 8.68. The third-order valence-corrected chi connectivity index (χ3v) is 1.91. The summed E-state index contributed by atoms with van der Waals surface area (Å²) in [5.41, 5.74) is -0.467. The second-order valence-corrected chi connectivity index (χ2v) is 3.56. The maximum absolute atomic E-state index is 13.1. The first-order chi connectivity index (χ1) is 7.02. The van der Waals surface area contributed by atoms with Crippen LogP contribution in [0.4, 0.5) is 8.78 Å². The summed E-state index contributed by atoms with van der Waals surface area (Å²) in [5, 5.41) is 2.82. The summed E-state index contributed by atoms with van der Waals surface area (Å²) < 4.78 is 26.3. The Morgan fingerprint density at radius 2 is 1.87 bits per heavy atom. The SMILES string of the molecule is CC(C)NCC(=O)c1c(F)cccc1F. The molecule has 0 aromatic heterocycles. The molecule has 0 unspecified atom stereocenters. The number of rotatable bonds is 4. The van der Waals surface area contributed by atoms with Crippen molar-refractivity contribution in [3.63, 3.8) is 0 Å². The van der Waals surface area contributed by atoms with E-state index >= 15 is 0 Å². The minimum atomic E-state index is -0.814. The van der Waals surface area contributed by atoms with Gasteiger partial charge in [0.1, 0.15) is 11.6 Å². The molecule has 0 spiro atoms. The predicted molar refractivity (Wildman–Crippen MR) is 53.8 cm³/mol. The van der Waals surface area contributed by atoms with E-state index < -0.39 is 23.0 Å². The van der Waals surface area contributed by atoms with Gasteiger partial charge in [-0.3, -0.25) is 4.79 Å². The highest BCUT2D eigenvalue weighted by molar-refractivity contribution is 5.98. The Morgan fingerprint density at radius 3 is 2.33 bits per heavy atom. The van der Waals surface area contributed by atoms with Gasteiger partial charge in [-0.1, -0.05) is 19.9 Å². The molecule has 1 rings (SSSR count). The molecule has 0 saturated heterocycles. The lowest BCUT2D eigenvalue weighted by atomic mass is 10.1. The fourth-order valence-corrected chi connectivity index (χ4v) is 1.15. The molecule has 4 heteroatoms. The molecule has 1 N–H and O–H groups in total. The van der Waals surface area contributed by atoms with Crippen LogP contribution in [0.1, 0.15) is 24.2 Å². The molecule has 1 aromatic carbocycles. The Morgan fingerprint density at radius 1 is 1.33 bits per heavy atom. The number of Topliss-reactive ketones (excluding diaryl/α,β-unsaturated/α-hetero) is 1. The number of hydrogen-bond donors (Lipinski definition) is 1. The molecule has 0 heterocycles. The van der Waals surface area contributed by atoms with E-state index in [1.807, 2.05) is 13.8 Å². The van der Waals surface area contributed by atoms with Crippen molar-refractivity contribution in [3.8, 4) is 0 Å². The van der Waals surface area contributed by atoms with Gasteiger partial charge < -0.3 is 5.32 Å². The van der Waals surface area contributed by atoms with Crippen molar-refractivity contribution in [3.05, 3.63) is 35.4 Å². The number of carbonyl (C=O) groups excluding carboxylic acids is 1. The number of benzene rings is 1. The standard InChI is InChI=1S/C11H13F2NO/c1-7(2)14-6-10(15)11-8(12)4-3-5-9(11)13/h3-5,7,14H,6H2,1-2H3. The first-order valence-corrected chi connectivity index (χ1v) is 4.73. The number of carbonyl (C=O) groups is 1. The zero-order chi connectivity index (χ0) is 11.4. The van der Waals surface area contributed by atoms with Gasteiger partial charge in [0.2, 0.25) is 0 Å². The Hall–Kier alpha value is -1.29. The summed E-state index contributed by atoms with van der Waals surface area (Å²) in [7, 11) is 0. The summed E-state index contributed by atoms with van der Waals surface area (Å²) in [6.07, 6.45) is 0. The first kappa shape index (κ1) is 11.8. The van der Waals surface area contributed by atoms with Crippen LogP contribution in [-0.2, 0) is 0 Å². The van der Waals surface area contributed by atoms with Gasteiger partial charge in [0.25, 0.3) is 0 Å².